The Morgan fingerprint density at radius 1 is 1.32 bits per heavy atom. The van der Waals surface area contributed by atoms with E-state index in [0.29, 0.717) is 12.1 Å². The molecule has 5 nitrogen and oxygen atoms in total. The van der Waals surface area contributed by atoms with Gasteiger partial charge >= 0.3 is 6.03 Å². The maximum atomic E-state index is 11.8. The fourth-order valence-corrected chi connectivity index (χ4v) is 2.92. The summed E-state index contributed by atoms with van der Waals surface area (Å²) in [6.45, 7) is 1.95. The molecule has 1 aliphatic carbocycles. The third kappa shape index (κ3) is 4.08. The summed E-state index contributed by atoms with van der Waals surface area (Å²) in [6, 6.07) is 1.10. The Kier molecular flexibility index (Phi) is 5.05. The van der Waals surface area contributed by atoms with Crippen LogP contribution in [-0.4, -0.2) is 66.8 Å². The summed E-state index contributed by atoms with van der Waals surface area (Å²) < 4.78 is 0. The van der Waals surface area contributed by atoms with Gasteiger partial charge in [0.1, 0.15) is 0 Å². The molecule has 2 rings (SSSR count). The van der Waals surface area contributed by atoms with Gasteiger partial charge in [-0.15, -0.1) is 0 Å². The molecule has 19 heavy (non-hydrogen) atoms. The first-order valence-electron chi connectivity index (χ1n) is 7.45. The fourth-order valence-electron chi connectivity index (χ4n) is 2.92. The molecule has 0 bridgehead atoms. The summed E-state index contributed by atoms with van der Waals surface area (Å²) in [5.41, 5.74) is 0. The summed E-state index contributed by atoms with van der Waals surface area (Å²) in [7, 11) is 3.61. The highest BCUT2D eigenvalue weighted by Crippen LogP contribution is 2.34. The monoisotopic (exact) mass is 269 g/mol. The van der Waals surface area contributed by atoms with E-state index in [2.05, 4.69) is 5.32 Å². The first-order valence-corrected chi connectivity index (χ1v) is 7.45. The van der Waals surface area contributed by atoms with Gasteiger partial charge in [0, 0.05) is 45.9 Å². The Bertz CT molecular complexity index is 297. The molecule has 110 valence electrons. The van der Waals surface area contributed by atoms with Crippen LogP contribution in [0, 0.1) is 5.92 Å². The molecular formula is C14H27N3O2. The average molecular weight is 269 g/mol. The van der Waals surface area contributed by atoms with Crippen LogP contribution in [0.25, 0.3) is 0 Å². The SMILES string of the molecule is CN(C)C(=O)N1CCC(NC(CCO)C2CC2)CC1. The third-order valence-electron chi connectivity index (χ3n) is 4.23. The number of likely N-dealkylation sites (tertiary alicyclic amines) is 1. The number of aliphatic hydroxyl groups is 1. The van der Waals surface area contributed by atoms with Crippen molar-refractivity contribution in [2.24, 2.45) is 5.92 Å². The Hall–Kier alpha value is -0.810. The molecule has 5 heteroatoms. The molecular weight excluding hydrogens is 242 g/mol. The van der Waals surface area contributed by atoms with E-state index in [9.17, 15) is 4.79 Å². The lowest BCUT2D eigenvalue weighted by Gasteiger charge is -2.35. The molecule has 0 aromatic heterocycles. The number of urea groups is 1. The molecule has 1 saturated heterocycles. The van der Waals surface area contributed by atoms with E-state index in [1.165, 1.54) is 12.8 Å². The van der Waals surface area contributed by atoms with Gasteiger partial charge in [-0.05, 0) is 38.0 Å². The van der Waals surface area contributed by atoms with Crippen molar-refractivity contribution in [1.29, 1.82) is 0 Å². The Morgan fingerprint density at radius 3 is 2.42 bits per heavy atom. The van der Waals surface area contributed by atoms with Gasteiger partial charge in [0.05, 0.1) is 0 Å². The maximum Gasteiger partial charge on any atom is 0.319 e. The average Bonchev–Trinajstić information content (AvgIpc) is 3.22. The number of aliphatic hydroxyl groups excluding tert-OH is 1. The Balaban J connectivity index is 1.74. The van der Waals surface area contributed by atoms with Gasteiger partial charge in [0.25, 0.3) is 0 Å². The zero-order chi connectivity index (χ0) is 13.8. The topological polar surface area (TPSA) is 55.8 Å². The van der Waals surface area contributed by atoms with Crippen LogP contribution in [-0.2, 0) is 0 Å². The molecule has 0 spiro atoms. The number of amides is 2. The van der Waals surface area contributed by atoms with Crippen LogP contribution in [0.5, 0.6) is 0 Å². The predicted molar refractivity (Wildman–Crippen MR) is 75.0 cm³/mol. The molecule has 0 aromatic rings. The van der Waals surface area contributed by atoms with Crippen molar-refractivity contribution in [3.8, 4) is 0 Å². The first kappa shape index (κ1) is 14.6. The van der Waals surface area contributed by atoms with Crippen molar-refractivity contribution in [3.05, 3.63) is 0 Å². The highest BCUT2D eigenvalue weighted by atomic mass is 16.3. The summed E-state index contributed by atoms with van der Waals surface area (Å²) in [6.07, 6.45) is 5.51. The lowest BCUT2D eigenvalue weighted by Crippen LogP contribution is -2.50. The van der Waals surface area contributed by atoms with E-state index in [1.807, 2.05) is 4.90 Å². The highest BCUT2D eigenvalue weighted by molar-refractivity contribution is 5.73. The van der Waals surface area contributed by atoms with Crippen LogP contribution < -0.4 is 5.32 Å². The molecule has 0 aromatic carbocycles. The molecule has 1 saturated carbocycles. The minimum Gasteiger partial charge on any atom is -0.396 e. The van der Waals surface area contributed by atoms with E-state index < -0.39 is 0 Å². The van der Waals surface area contributed by atoms with Crippen LogP contribution in [0.15, 0.2) is 0 Å². The lowest BCUT2D eigenvalue weighted by atomic mass is 10.0. The molecule has 1 atom stereocenters. The van der Waals surface area contributed by atoms with Gasteiger partial charge in [0.15, 0.2) is 0 Å². The van der Waals surface area contributed by atoms with E-state index in [0.717, 1.165) is 38.3 Å². The van der Waals surface area contributed by atoms with Gasteiger partial charge in [0.2, 0.25) is 0 Å². The van der Waals surface area contributed by atoms with E-state index >= 15 is 0 Å². The van der Waals surface area contributed by atoms with E-state index in [1.54, 1.807) is 19.0 Å². The van der Waals surface area contributed by atoms with Gasteiger partial charge in [-0.2, -0.15) is 0 Å². The van der Waals surface area contributed by atoms with Crippen LogP contribution in [0.1, 0.15) is 32.1 Å². The van der Waals surface area contributed by atoms with Crippen molar-refractivity contribution in [2.45, 2.75) is 44.2 Å². The number of carbonyl (C=O) groups excluding carboxylic acids is 1. The fraction of sp³-hybridized carbons (Fsp3) is 0.929. The highest BCUT2D eigenvalue weighted by Gasteiger charge is 2.33. The van der Waals surface area contributed by atoms with Crippen molar-refractivity contribution in [3.63, 3.8) is 0 Å². The molecule has 1 heterocycles. The third-order valence-corrected chi connectivity index (χ3v) is 4.23. The van der Waals surface area contributed by atoms with Gasteiger partial charge in [-0.1, -0.05) is 0 Å². The number of nitrogens with one attached hydrogen (secondary N) is 1. The predicted octanol–water partition coefficient (Wildman–Crippen LogP) is 0.883. The minimum atomic E-state index is 0.118. The standard InChI is InChI=1S/C14H27N3O2/c1-16(2)14(19)17-8-5-12(6-9-17)15-13(7-10-18)11-3-4-11/h11-13,15,18H,3-10H2,1-2H3. The second kappa shape index (κ2) is 6.57. The number of nitrogens with zero attached hydrogens (tertiary/aromatic N) is 2. The number of piperidine rings is 1. The first-order chi connectivity index (χ1) is 9.11. The molecule has 2 aliphatic rings. The van der Waals surface area contributed by atoms with Crippen molar-refractivity contribution in [2.75, 3.05) is 33.8 Å². The summed E-state index contributed by atoms with van der Waals surface area (Å²) in [4.78, 5) is 15.4. The number of hydrogen-bond donors (Lipinski definition) is 2. The quantitative estimate of drug-likeness (QED) is 0.779. The second-order valence-electron chi connectivity index (χ2n) is 6.06. The summed E-state index contributed by atoms with van der Waals surface area (Å²) >= 11 is 0. The smallest absolute Gasteiger partial charge is 0.319 e. The van der Waals surface area contributed by atoms with Crippen LogP contribution >= 0.6 is 0 Å². The van der Waals surface area contributed by atoms with Gasteiger partial charge in [-0.3, -0.25) is 0 Å². The molecule has 1 aliphatic heterocycles. The Morgan fingerprint density at radius 2 is 1.95 bits per heavy atom. The minimum absolute atomic E-state index is 0.118. The van der Waals surface area contributed by atoms with Crippen LogP contribution in [0.2, 0.25) is 0 Å². The van der Waals surface area contributed by atoms with Crippen molar-refractivity contribution < 1.29 is 9.90 Å². The maximum absolute atomic E-state index is 11.8. The number of hydrogen-bond acceptors (Lipinski definition) is 3. The number of carbonyl (C=O) groups is 1. The van der Waals surface area contributed by atoms with Crippen molar-refractivity contribution in [1.82, 2.24) is 15.1 Å². The normalized spacial score (nSPS) is 22.4. The lowest BCUT2D eigenvalue weighted by molar-refractivity contribution is 0.148. The molecule has 2 fully saturated rings. The zero-order valence-electron chi connectivity index (χ0n) is 12.1. The molecule has 2 N–H and O–H groups in total. The zero-order valence-corrected chi connectivity index (χ0v) is 12.1. The number of rotatable bonds is 5. The molecule has 2 amide bonds. The summed E-state index contributed by atoms with van der Waals surface area (Å²) in [5.74, 6) is 0.772. The van der Waals surface area contributed by atoms with Gasteiger partial charge < -0.3 is 20.2 Å². The molecule has 1 unspecified atom stereocenters. The van der Waals surface area contributed by atoms with Crippen molar-refractivity contribution >= 4 is 6.03 Å². The molecule has 0 radical (unpaired) electrons. The van der Waals surface area contributed by atoms with Crippen LogP contribution in [0.4, 0.5) is 4.79 Å². The second-order valence-corrected chi connectivity index (χ2v) is 6.06. The van der Waals surface area contributed by atoms with Gasteiger partial charge in [-0.25, -0.2) is 4.79 Å². The van der Waals surface area contributed by atoms with Crippen LogP contribution in [0.3, 0.4) is 0 Å². The largest absolute Gasteiger partial charge is 0.396 e. The van der Waals surface area contributed by atoms with E-state index in [-0.39, 0.29) is 12.6 Å². The Labute approximate surface area is 115 Å². The summed E-state index contributed by atoms with van der Waals surface area (Å²) in [5, 5.41) is 12.8. The van der Waals surface area contributed by atoms with E-state index in [4.69, 9.17) is 5.11 Å².